The van der Waals surface area contributed by atoms with Crippen molar-refractivity contribution >= 4 is 17.2 Å². The van der Waals surface area contributed by atoms with E-state index in [1.54, 1.807) is 24.3 Å². The number of rotatable bonds is 3. The summed E-state index contributed by atoms with van der Waals surface area (Å²) >= 11 is 4.92. The number of ether oxygens (including phenoxy) is 1. The van der Waals surface area contributed by atoms with E-state index in [-0.39, 0.29) is 16.7 Å². The lowest BCUT2D eigenvalue weighted by molar-refractivity contribution is 0.456. The summed E-state index contributed by atoms with van der Waals surface area (Å²) in [5, 5.41) is 0. The van der Waals surface area contributed by atoms with Crippen molar-refractivity contribution in [2.45, 2.75) is 6.92 Å². The van der Waals surface area contributed by atoms with Crippen molar-refractivity contribution in [1.29, 1.82) is 0 Å². The van der Waals surface area contributed by atoms with E-state index in [2.05, 4.69) is 4.98 Å². The first-order valence-corrected chi connectivity index (χ1v) is 5.68. The second-order valence-electron chi connectivity index (χ2n) is 3.73. The molecule has 0 unspecified atom stereocenters. The molecular weight excluding hydrogens is 251 g/mol. The molecule has 5 heteroatoms. The van der Waals surface area contributed by atoms with Crippen molar-refractivity contribution in [3.63, 3.8) is 0 Å². The van der Waals surface area contributed by atoms with Crippen molar-refractivity contribution in [3.05, 3.63) is 53.5 Å². The SMILES string of the molecule is Cc1ccc(C(N)=S)c(Oc2cccc(F)c2)n1. The van der Waals surface area contributed by atoms with Gasteiger partial charge in [-0.25, -0.2) is 9.37 Å². The van der Waals surface area contributed by atoms with E-state index in [9.17, 15) is 4.39 Å². The van der Waals surface area contributed by atoms with E-state index in [1.807, 2.05) is 6.92 Å². The molecule has 0 saturated heterocycles. The summed E-state index contributed by atoms with van der Waals surface area (Å²) in [4.78, 5) is 4.40. The van der Waals surface area contributed by atoms with E-state index >= 15 is 0 Å². The van der Waals surface area contributed by atoms with Crippen molar-refractivity contribution in [3.8, 4) is 11.6 Å². The molecule has 1 aromatic carbocycles. The van der Waals surface area contributed by atoms with Gasteiger partial charge in [0.15, 0.2) is 0 Å². The first-order valence-electron chi connectivity index (χ1n) is 5.27. The van der Waals surface area contributed by atoms with E-state index in [1.165, 1.54) is 12.1 Å². The van der Waals surface area contributed by atoms with Gasteiger partial charge in [0.05, 0.1) is 5.56 Å². The monoisotopic (exact) mass is 262 g/mol. The molecule has 92 valence electrons. The van der Waals surface area contributed by atoms with Crippen LogP contribution in [0.1, 0.15) is 11.3 Å². The number of benzene rings is 1. The minimum atomic E-state index is -0.378. The van der Waals surface area contributed by atoms with Gasteiger partial charge in [-0.15, -0.1) is 0 Å². The zero-order chi connectivity index (χ0) is 13.1. The van der Waals surface area contributed by atoms with Crippen molar-refractivity contribution in [1.82, 2.24) is 4.98 Å². The molecule has 1 aromatic heterocycles. The average molecular weight is 262 g/mol. The average Bonchev–Trinajstić information content (AvgIpc) is 2.28. The molecular formula is C13H11FN2OS. The number of aromatic nitrogens is 1. The summed E-state index contributed by atoms with van der Waals surface area (Å²) in [7, 11) is 0. The summed E-state index contributed by atoms with van der Waals surface area (Å²) in [5.41, 5.74) is 6.88. The molecule has 2 aromatic rings. The van der Waals surface area contributed by atoms with Crippen LogP contribution in [0.3, 0.4) is 0 Å². The second kappa shape index (κ2) is 5.10. The Morgan fingerprint density at radius 1 is 1.33 bits per heavy atom. The summed E-state index contributed by atoms with van der Waals surface area (Å²) in [5.74, 6) is 0.260. The first kappa shape index (κ1) is 12.4. The van der Waals surface area contributed by atoms with Gasteiger partial charge in [0, 0.05) is 11.8 Å². The van der Waals surface area contributed by atoms with Crippen molar-refractivity contribution < 1.29 is 9.13 Å². The molecule has 0 aliphatic heterocycles. The number of thiocarbonyl (C=S) groups is 1. The smallest absolute Gasteiger partial charge is 0.229 e. The predicted molar refractivity (Wildman–Crippen MR) is 71.3 cm³/mol. The van der Waals surface area contributed by atoms with Gasteiger partial charge in [0.2, 0.25) is 5.88 Å². The van der Waals surface area contributed by atoms with Gasteiger partial charge in [-0.05, 0) is 31.2 Å². The molecule has 2 N–H and O–H groups in total. The fourth-order valence-corrected chi connectivity index (χ4v) is 1.60. The molecule has 3 nitrogen and oxygen atoms in total. The molecule has 18 heavy (non-hydrogen) atoms. The minimum absolute atomic E-state index is 0.189. The Bertz CT molecular complexity index is 601. The Morgan fingerprint density at radius 3 is 2.78 bits per heavy atom. The molecule has 2 rings (SSSR count). The van der Waals surface area contributed by atoms with Crippen molar-refractivity contribution in [2.75, 3.05) is 0 Å². The fraction of sp³-hybridized carbons (Fsp3) is 0.0769. The Labute approximate surface area is 109 Å². The van der Waals surface area contributed by atoms with Crippen molar-refractivity contribution in [2.24, 2.45) is 5.73 Å². The highest BCUT2D eigenvalue weighted by Crippen LogP contribution is 2.24. The molecule has 0 saturated carbocycles. The van der Waals surface area contributed by atoms with E-state index in [4.69, 9.17) is 22.7 Å². The van der Waals surface area contributed by atoms with Gasteiger partial charge < -0.3 is 10.5 Å². The van der Waals surface area contributed by atoms with Crippen LogP contribution in [0.15, 0.2) is 36.4 Å². The number of halogens is 1. The molecule has 0 atom stereocenters. The summed E-state index contributed by atoms with van der Waals surface area (Å²) in [6, 6.07) is 9.32. The van der Waals surface area contributed by atoms with E-state index < -0.39 is 0 Å². The van der Waals surface area contributed by atoms with Gasteiger partial charge >= 0.3 is 0 Å². The normalized spacial score (nSPS) is 10.1. The number of nitrogens with two attached hydrogens (primary N) is 1. The van der Waals surface area contributed by atoms with Crippen LogP contribution < -0.4 is 10.5 Å². The summed E-state index contributed by atoms with van der Waals surface area (Å²) in [6.45, 7) is 1.82. The van der Waals surface area contributed by atoms with Crippen LogP contribution in [0.2, 0.25) is 0 Å². The lowest BCUT2D eigenvalue weighted by Gasteiger charge is -2.09. The molecule has 0 fully saturated rings. The number of pyridine rings is 1. The number of hydrogen-bond donors (Lipinski definition) is 1. The third-order valence-electron chi connectivity index (χ3n) is 2.28. The highest BCUT2D eigenvalue weighted by Gasteiger charge is 2.10. The van der Waals surface area contributed by atoms with Crippen LogP contribution in [-0.2, 0) is 0 Å². The maximum absolute atomic E-state index is 13.1. The Morgan fingerprint density at radius 2 is 2.11 bits per heavy atom. The van der Waals surface area contributed by atoms with Gasteiger partial charge in [-0.1, -0.05) is 18.3 Å². The standard InChI is InChI=1S/C13H11FN2OS/c1-8-5-6-11(12(15)18)13(16-8)17-10-4-2-3-9(14)7-10/h2-7H,1H3,(H2,15,18). The molecule has 0 radical (unpaired) electrons. The topological polar surface area (TPSA) is 48.1 Å². The first-order chi connectivity index (χ1) is 8.56. The van der Waals surface area contributed by atoms with Gasteiger partial charge in [0.25, 0.3) is 0 Å². The Hall–Kier alpha value is -2.01. The summed E-state index contributed by atoms with van der Waals surface area (Å²) < 4.78 is 18.6. The molecule has 0 aliphatic rings. The molecule has 0 aliphatic carbocycles. The zero-order valence-corrected chi connectivity index (χ0v) is 10.5. The van der Waals surface area contributed by atoms with Crippen LogP contribution in [0.25, 0.3) is 0 Å². The largest absolute Gasteiger partial charge is 0.438 e. The van der Waals surface area contributed by atoms with Gasteiger partial charge in [0.1, 0.15) is 16.6 Å². The Kier molecular flexibility index (Phi) is 3.53. The predicted octanol–water partition coefficient (Wildman–Crippen LogP) is 2.96. The van der Waals surface area contributed by atoms with Gasteiger partial charge in [-0.2, -0.15) is 0 Å². The highest BCUT2D eigenvalue weighted by atomic mass is 32.1. The van der Waals surface area contributed by atoms with Crippen LogP contribution in [0, 0.1) is 12.7 Å². The minimum Gasteiger partial charge on any atom is -0.438 e. The van der Waals surface area contributed by atoms with Crippen LogP contribution in [0.4, 0.5) is 4.39 Å². The lowest BCUT2D eigenvalue weighted by Crippen LogP contribution is -2.12. The maximum Gasteiger partial charge on any atom is 0.229 e. The van der Waals surface area contributed by atoms with Crippen LogP contribution >= 0.6 is 12.2 Å². The zero-order valence-electron chi connectivity index (χ0n) is 9.68. The Balaban J connectivity index is 2.39. The fourth-order valence-electron chi connectivity index (χ4n) is 1.44. The number of nitrogens with zero attached hydrogens (tertiary/aromatic N) is 1. The van der Waals surface area contributed by atoms with Crippen LogP contribution in [-0.4, -0.2) is 9.97 Å². The quantitative estimate of drug-likeness (QED) is 0.864. The number of aryl methyl sites for hydroxylation is 1. The van der Waals surface area contributed by atoms with E-state index in [0.29, 0.717) is 11.3 Å². The molecule has 0 amide bonds. The highest BCUT2D eigenvalue weighted by molar-refractivity contribution is 7.80. The third-order valence-corrected chi connectivity index (χ3v) is 2.50. The van der Waals surface area contributed by atoms with Gasteiger partial charge in [-0.3, -0.25) is 0 Å². The van der Waals surface area contributed by atoms with E-state index in [0.717, 1.165) is 5.69 Å². The molecule has 1 heterocycles. The second-order valence-corrected chi connectivity index (χ2v) is 4.17. The lowest BCUT2D eigenvalue weighted by atomic mass is 10.2. The molecule has 0 bridgehead atoms. The molecule has 0 spiro atoms. The van der Waals surface area contributed by atoms with Crippen LogP contribution in [0.5, 0.6) is 11.6 Å². The maximum atomic E-state index is 13.1. The number of hydrogen-bond acceptors (Lipinski definition) is 3. The third kappa shape index (κ3) is 2.81. The summed E-state index contributed by atoms with van der Waals surface area (Å²) in [6.07, 6.45) is 0.